The molecule has 0 saturated heterocycles. The van der Waals surface area contributed by atoms with Gasteiger partial charge in [-0.15, -0.1) is 11.3 Å². The summed E-state index contributed by atoms with van der Waals surface area (Å²) in [6.45, 7) is 0. The molecule has 45 heavy (non-hydrogen) atoms. The van der Waals surface area contributed by atoms with Gasteiger partial charge in [-0.2, -0.15) is 0 Å². The first-order chi connectivity index (χ1) is 22.3. The topological polar surface area (TPSA) is 9.86 Å². The van der Waals surface area contributed by atoms with E-state index in [0.29, 0.717) is 0 Å². The lowest BCUT2D eigenvalue weighted by Gasteiger charge is -2.10. The van der Waals surface area contributed by atoms with Gasteiger partial charge in [-0.3, -0.25) is 0 Å². The van der Waals surface area contributed by atoms with E-state index in [9.17, 15) is 0 Å². The fraction of sp³-hybridized carbons (Fsp3) is 0. The highest BCUT2D eigenvalue weighted by Gasteiger charge is 2.20. The lowest BCUT2D eigenvalue weighted by molar-refractivity contribution is 1.18. The molecule has 3 heteroatoms. The van der Waals surface area contributed by atoms with Gasteiger partial charge in [0.05, 0.1) is 32.5 Å². The first-order valence-electron chi connectivity index (χ1n) is 15.4. The summed E-state index contributed by atoms with van der Waals surface area (Å²) in [5.41, 5.74) is 9.86. The van der Waals surface area contributed by atoms with Crippen molar-refractivity contribution in [1.29, 1.82) is 0 Å². The van der Waals surface area contributed by atoms with Crippen molar-refractivity contribution in [1.82, 2.24) is 9.13 Å². The Balaban J connectivity index is 1.33. The van der Waals surface area contributed by atoms with E-state index in [-0.39, 0.29) is 0 Å². The van der Waals surface area contributed by atoms with E-state index in [1.807, 2.05) is 11.3 Å². The summed E-state index contributed by atoms with van der Waals surface area (Å²) in [5.74, 6) is 0. The van der Waals surface area contributed by atoms with Crippen molar-refractivity contribution in [2.45, 2.75) is 0 Å². The first kappa shape index (κ1) is 24.8. The van der Waals surface area contributed by atoms with Crippen molar-refractivity contribution in [2.75, 3.05) is 0 Å². The summed E-state index contributed by atoms with van der Waals surface area (Å²) in [4.78, 5) is 0. The fourth-order valence-corrected chi connectivity index (χ4v) is 8.71. The normalized spacial score (nSPS) is 12.0. The van der Waals surface area contributed by atoms with Crippen LogP contribution in [0.15, 0.2) is 158 Å². The summed E-state index contributed by atoms with van der Waals surface area (Å²) in [6.07, 6.45) is 0. The smallest absolute Gasteiger partial charge is 0.0640 e. The number of fused-ring (bicyclic) bond motifs is 9. The average molecular weight is 591 g/mol. The van der Waals surface area contributed by atoms with Gasteiger partial charge >= 0.3 is 0 Å². The van der Waals surface area contributed by atoms with E-state index in [4.69, 9.17) is 0 Å². The summed E-state index contributed by atoms with van der Waals surface area (Å²) >= 11 is 1.91. The number of para-hydroxylation sites is 3. The Labute approximate surface area is 263 Å². The van der Waals surface area contributed by atoms with E-state index in [2.05, 4.69) is 167 Å². The molecule has 10 rings (SSSR count). The predicted molar refractivity (Wildman–Crippen MR) is 193 cm³/mol. The van der Waals surface area contributed by atoms with Crippen LogP contribution in [0.25, 0.3) is 86.3 Å². The van der Waals surface area contributed by atoms with Gasteiger partial charge < -0.3 is 9.13 Å². The Morgan fingerprint density at radius 3 is 1.60 bits per heavy atom. The Bertz CT molecular complexity index is 2740. The predicted octanol–water partition coefficient (Wildman–Crippen LogP) is 11.9. The Morgan fingerprint density at radius 1 is 0.356 bits per heavy atom. The van der Waals surface area contributed by atoms with Crippen molar-refractivity contribution < 1.29 is 0 Å². The third-order valence-electron chi connectivity index (χ3n) is 9.31. The van der Waals surface area contributed by atoms with Crippen molar-refractivity contribution in [3.8, 4) is 22.5 Å². The molecule has 3 aromatic heterocycles. The highest BCUT2D eigenvalue weighted by atomic mass is 32.1. The molecule has 2 nitrogen and oxygen atoms in total. The van der Waals surface area contributed by atoms with Crippen molar-refractivity contribution in [2.24, 2.45) is 0 Å². The molecule has 0 saturated carbocycles. The van der Waals surface area contributed by atoms with Gasteiger partial charge in [-0.1, -0.05) is 115 Å². The van der Waals surface area contributed by atoms with Crippen LogP contribution in [0, 0.1) is 0 Å². The number of rotatable bonds is 3. The van der Waals surface area contributed by atoms with Gasteiger partial charge in [-0.25, -0.2) is 0 Å². The van der Waals surface area contributed by atoms with Crippen LogP contribution in [-0.2, 0) is 0 Å². The molecule has 0 radical (unpaired) electrons. The highest BCUT2D eigenvalue weighted by Crippen LogP contribution is 2.45. The van der Waals surface area contributed by atoms with Crippen molar-refractivity contribution in [3.63, 3.8) is 0 Å². The van der Waals surface area contributed by atoms with E-state index >= 15 is 0 Å². The van der Waals surface area contributed by atoms with E-state index < -0.39 is 0 Å². The molecule has 0 spiro atoms. The third kappa shape index (κ3) is 3.50. The van der Waals surface area contributed by atoms with Crippen LogP contribution in [0.5, 0.6) is 0 Å². The minimum atomic E-state index is 1.18. The van der Waals surface area contributed by atoms with Crippen LogP contribution < -0.4 is 0 Å². The molecule has 0 aliphatic carbocycles. The molecule has 0 aliphatic rings. The summed E-state index contributed by atoms with van der Waals surface area (Å²) in [6, 6.07) is 57.5. The number of thiophene rings is 1. The van der Waals surface area contributed by atoms with E-state index in [1.165, 1.54) is 86.3 Å². The maximum Gasteiger partial charge on any atom is 0.0640 e. The number of aromatic nitrogens is 2. The maximum atomic E-state index is 2.50. The van der Waals surface area contributed by atoms with Gasteiger partial charge in [0.2, 0.25) is 0 Å². The largest absolute Gasteiger partial charge is 0.309 e. The van der Waals surface area contributed by atoms with Gasteiger partial charge in [-0.05, 0) is 53.6 Å². The lowest BCUT2D eigenvalue weighted by Crippen LogP contribution is -1.94. The molecule has 0 unspecified atom stereocenters. The number of nitrogens with zero attached hydrogens (tertiary/aromatic N) is 2. The van der Waals surface area contributed by atoms with Crippen LogP contribution in [0.3, 0.4) is 0 Å². The maximum absolute atomic E-state index is 2.50. The average Bonchev–Trinajstić information content (AvgIpc) is 3.75. The lowest BCUT2D eigenvalue weighted by atomic mass is 10.0. The van der Waals surface area contributed by atoms with Gasteiger partial charge in [0.1, 0.15) is 0 Å². The molecule has 0 N–H and O–H groups in total. The number of hydrogen-bond acceptors (Lipinski definition) is 1. The quantitative estimate of drug-likeness (QED) is 0.194. The Hall–Kier alpha value is -5.64. The van der Waals surface area contributed by atoms with E-state index in [0.717, 1.165) is 0 Å². The van der Waals surface area contributed by atoms with Crippen LogP contribution >= 0.6 is 11.3 Å². The standard InChI is InChI=1S/C42H26N2S/c1-3-13-27(14-4-1)29-19-11-20-32-33-21-12-24-38(42(33)45-41(29)32)44-37-23-10-8-18-31(37)35-25-39-34(26-40(35)44)30-17-7-9-22-36(30)43(39)28-15-5-2-6-16-28/h1-26H. The van der Waals surface area contributed by atoms with Gasteiger partial charge in [0.25, 0.3) is 0 Å². The second-order valence-electron chi connectivity index (χ2n) is 11.7. The van der Waals surface area contributed by atoms with Crippen molar-refractivity contribution in [3.05, 3.63) is 158 Å². The summed E-state index contributed by atoms with van der Waals surface area (Å²) in [5, 5.41) is 7.68. The monoisotopic (exact) mass is 590 g/mol. The minimum Gasteiger partial charge on any atom is -0.309 e. The molecule has 0 amide bonds. The third-order valence-corrected chi connectivity index (χ3v) is 10.6. The zero-order chi connectivity index (χ0) is 29.5. The number of hydrogen-bond donors (Lipinski definition) is 0. The van der Waals surface area contributed by atoms with Crippen molar-refractivity contribution >= 4 is 75.1 Å². The molecular formula is C42H26N2S. The molecular weight excluding hydrogens is 565 g/mol. The molecule has 3 heterocycles. The van der Waals surface area contributed by atoms with E-state index in [1.54, 1.807) is 0 Å². The Morgan fingerprint density at radius 2 is 0.889 bits per heavy atom. The minimum absolute atomic E-state index is 1.18. The molecule has 7 aromatic carbocycles. The molecule has 0 atom stereocenters. The van der Waals surface area contributed by atoms with Gasteiger partial charge in [0, 0.05) is 42.7 Å². The Kier molecular flexibility index (Phi) is 5.19. The fourth-order valence-electron chi connectivity index (χ4n) is 7.37. The number of benzene rings is 7. The molecule has 0 bridgehead atoms. The second kappa shape index (κ2) is 9.43. The van der Waals surface area contributed by atoms with Crippen LogP contribution in [-0.4, -0.2) is 9.13 Å². The molecule has 210 valence electrons. The summed E-state index contributed by atoms with van der Waals surface area (Å²) in [7, 11) is 0. The summed E-state index contributed by atoms with van der Waals surface area (Å²) < 4.78 is 7.55. The van der Waals surface area contributed by atoms with Gasteiger partial charge in [0.15, 0.2) is 0 Å². The van der Waals surface area contributed by atoms with Crippen LogP contribution in [0.1, 0.15) is 0 Å². The first-order valence-corrected chi connectivity index (χ1v) is 16.2. The van der Waals surface area contributed by atoms with Crippen LogP contribution in [0.2, 0.25) is 0 Å². The zero-order valence-corrected chi connectivity index (χ0v) is 25.1. The molecule has 0 fully saturated rings. The van der Waals surface area contributed by atoms with Crippen LogP contribution in [0.4, 0.5) is 0 Å². The SMILES string of the molecule is c1ccc(-c2cccc3c2sc2c(-n4c5ccccc5c5cc6c(cc54)c4ccccc4n6-c4ccccc4)cccc23)cc1. The second-order valence-corrected chi connectivity index (χ2v) is 12.8. The molecule has 10 aromatic rings. The highest BCUT2D eigenvalue weighted by molar-refractivity contribution is 7.26. The molecule has 0 aliphatic heterocycles. The zero-order valence-electron chi connectivity index (χ0n) is 24.3.